The lowest BCUT2D eigenvalue weighted by atomic mass is 9.70. The van der Waals surface area contributed by atoms with E-state index in [1.54, 1.807) is 22.8 Å². The van der Waals surface area contributed by atoms with Gasteiger partial charge in [0.15, 0.2) is 0 Å². The van der Waals surface area contributed by atoms with Gasteiger partial charge in [-0.2, -0.15) is 0 Å². The predicted octanol–water partition coefficient (Wildman–Crippen LogP) is 0.678. The molecule has 2 amide bonds. The third-order valence-corrected chi connectivity index (χ3v) is 8.83. The van der Waals surface area contributed by atoms with Gasteiger partial charge in [0, 0.05) is 32.7 Å². The van der Waals surface area contributed by atoms with E-state index in [9.17, 15) is 19.5 Å². The molecule has 4 heterocycles. The van der Waals surface area contributed by atoms with Crippen molar-refractivity contribution in [2.45, 2.75) is 63.8 Å². The van der Waals surface area contributed by atoms with Crippen molar-refractivity contribution in [2.75, 3.05) is 59.2 Å². The monoisotopic (exact) mass is 521 g/mol. The summed E-state index contributed by atoms with van der Waals surface area (Å²) in [5.41, 5.74) is -1.10. The standard InChI is InChI=1S/C27H43N3O7/c1-5-10-29(12-11-28-13-15-35-16-14-28)25(33)23-27-9-8-20(37-27)21(26(34)36-7-3)22(27)24(32)30(23)19(17-31)18(4)6-2/h5,18-23,31H,1,6-17H2,2-4H3/t18-,19-,20-,21+,22-,23?,27?/m0/s1. The fourth-order valence-electron chi connectivity index (χ4n) is 6.76. The Labute approximate surface area is 219 Å². The lowest BCUT2D eigenvalue weighted by Gasteiger charge is -2.41. The number of aliphatic hydroxyl groups is 1. The highest BCUT2D eigenvalue weighted by atomic mass is 16.6. The minimum atomic E-state index is -1.10. The Bertz CT molecular complexity index is 863. The number of likely N-dealkylation sites (tertiary alicyclic amines) is 1. The lowest BCUT2D eigenvalue weighted by molar-refractivity contribution is -0.157. The van der Waals surface area contributed by atoms with E-state index in [0.29, 0.717) is 45.7 Å². The summed E-state index contributed by atoms with van der Waals surface area (Å²) in [5, 5.41) is 10.4. The number of hydrogen-bond acceptors (Lipinski definition) is 8. The predicted molar refractivity (Wildman–Crippen MR) is 135 cm³/mol. The first-order valence-electron chi connectivity index (χ1n) is 13.8. The second kappa shape index (κ2) is 11.8. The highest BCUT2D eigenvalue weighted by molar-refractivity contribution is 5.98. The Balaban J connectivity index is 1.69. The number of ether oxygens (including phenoxy) is 3. The molecule has 2 unspecified atom stereocenters. The van der Waals surface area contributed by atoms with Crippen molar-refractivity contribution in [1.82, 2.24) is 14.7 Å². The van der Waals surface area contributed by atoms with Crippen LogP contribution in [0.25, 0.3) is 0 Å². The number of amides is 2. The van der Waals surface area contributed by atoms with Gasteiger partial charge in [0.1, 0.15) is 11.6 Å². The minimum absolute atomic E-state index is 0.0427. The van der Waals surface area contributed by atoms with Crippen LogP contribution in [0.5, 0.6) is 0 Å². The third kappa shape index (κ3) is 4.93. The molecule has 1 N–H and O–H groups in total. The number of carbonyl (C=O) groups is 3. The van der Waals surface area contributed by atoms with Gasteiger partial charge >= 0.3 is 5.97 Å². The van der Waals surface area contributed by atoms with Crippen LogP contribution in [0.4, 0.5) is 0 Å². The largest absolute Gasteiger partial charge is 0.466 e. The van der Waals surface area contributed by atoms with Crippen LogP contribution in [-0.4, -0.2) is 121 Å². The smallest absolute Gasteiger partial charge is 0.312 e. The first-order chi connectivity index (χ1) is 17.8. The van der Waals surface area contributed by atoms with E-state index < -0.39 is 41.6 Å². The molecular weight excluding hydrogens is 478 g/mol. The number of hydrogen-bond donors (Lipinski definition) is 1. The number of esters is 1. The van der Waals surface area contributed by atoms with Crippen molar-refractivity contribution in [3.05, 3.63) is 12.7 Å². The molecular formula is C27H43N3O7. The first kappa shape index (κ1) is 28.0. The Morgan fingerprint density at radius 1 is 1.32 bits per heavy atom. The average Bonchev–Trinajstić information content (AvgIpc) is 3.55. The first-order valence-corrected chi connectivity index (χ1v) is 13.8. The van der Waals surface area contributed by atoms with Crippen LogP contribution in [-0.2, 0) is 28.6 Å². The van der Waals surface area contributed by atoms with Crippen LogP contribution in [0, 0.1) is 17.8 Å². The van der Waals surface area contributed by atoms with Crippen LogP contribution < -0.4 is 0 Å². The number of aliphatic hydroxyl groups excluding tert-OH is 1. The van der Waals surface area contributed by atoms with Gasteiger partial charge in [-0.25, -0.2) is 0 Å². The number of rotatable bonds is 12. The Morgan fingerprint density at radius 2 is 2.05 bits per heavy atom. The normalized spacial score (nSPS) is 32.8. The maximum atomic E-state index is 14.4. The van der Waals surface area contributed by atoms with Crippen LogP contribution in [0.15, 0.2) is 12.7 Å². The summed E-state index contributed by atoms with van der Waals surface area (Å²) in [4.78, 5) is 47.1. The molecule has 0 aromatic carbocycles. The average molecular weight is 522 g/mol. The van der Waals surface area contributed by atoms with Crippen LogP contribution in [0.2, 0.25) is 0 Å². The van der Waals surface area contributed by atoms with Crippen LogP contribution in [0.3, 0.4) is 0 Å². The zero-order chi connectivity index (χ0) is 26.7. The molecule has 4 aliphatic heterocycles. The summed E-state index contributed by atoms with van der Waals surface area (Å²) in [7, 11) is 0. The second-order valence-corrected chi connectivity index (χ2v) is 10.7. The van der Waals surface area contributed by atoms with Crippen molar-refractivity contribution >= 4 is 17.8 Å². The summed E-state index contributed by atoms with van der Waals surface area (Å²) >= 11 is 0. The van der Waals surface area contributed by atoms with Crippen molar-refractivity contribution in [2.24, 2.45) is 17.8 Å². The SMILES string of the molecule is C=CCN(CCN1CCOCC1)C(=O)C1N([C@@H](CO)[C@@H](C)CC)C(=O)[C@@H]2[C@H](C(=O)OCC)[C@@H]3CCC12O3. The van der Waals surface area contributed by atoms with Crippen molar-refractivity contribution in [3.8, 4) is 0 Å². The summed E-state index contributed by atoms with van der Waals surface area (Å²) in [6, 6.07) is -1.47. The molecule has 4 saturated heterocycles. The zero-order valence-electron chi connectivity index (χ0n) is 22.5. The molecule has 0 aromatic heterocycles. The molecule has 7 atom stereocenters. The minimum Gasteiger partial charge on any atom is -0.466 e. The van der Waals surface area contributed by atoms with Gasteiger partial charge in [-0.05, 0) is 25.7 Å². The summed E-state index contributed by atoms with van der Waals surface area (Å²) < 4.78 is 17.3. The van der Waals surface area contributed by atoms with Gasteiger partial charge < -0.3 is 29.1 Å². The fourth-order valence-corrected chi connectivity index (χ4v) is 6.76. The molecule has 4 rings (SSSR count). The zero-order valence-corrected chi connectivity index (χ0v) is 22.5. The number of fused-ring (bicyclic) bond motifs is 1. The Kier molecular flexibility index (Phi) is 8.93. The summed E-state index contributed by atoms with van der Waals surface area (Å²) in [5.74, 6) is -2.51. The van der Waals surface area contributed by atoms with Crippen molar-refractivity contribution in [1.29, 1.82) is 0 Å². The molecule has 0 radical (unpaired) electrons. The maximum Gasteiger partial charge on any atom is 0.312 e. The highest BCUT2D eigenvalue weighted by Gasteiger charge is 2.75. The van der Waals surface area contributed by atoms with Crippen LogP contribution in [0.1, 0.15) is 40.0 Å². The molecule has 1 spiro atoms. The highest BCUT2D eigenvalue weighted by Crippen LogP contribution is 2.59. The Hall–Kier alpha value is -2.01. The molecule has 37 heavy (non-hydrogen) atoms. The van der Waals surface area contributed by atoms with E-state index >= 15 is 0 Å². The van der Waals surface area contributed by atoms with Gasteiger partial charge in [0.25, 0.3) is 0 Å². The lowest BCUT2D eigenvalue weighted by Crippen LogP contribution is -2.60. The number of carbonyl (C=O) groups excluding carboxylic acids is 3. The molecule has 4 fully saturated rings. The molecule has 0 saturated carbocycles. The molecule has 10 nitrogen and oxygen atoms in total. The quantitative estimate of drug-likeness (QED) is 0.295. The van der Waals surface area contributed by atoms with E-state index in [0.717, 1.165) is 19.5 Å². The van der Waals surface area contributed by atoms with Gasteiger partial charge in [0.05, 0.1) is 50.4 Å². The molecule has 0 aliphatic carbocycles. The van der Waals surface area contributed by atoms with E-state index in [1.807, 2.05) is 13.8 Å². The van der Waals surface area contributed by atoms with Gasteiger partial charge in [-0.15, -0.1) is 6.58 Å². The molecule has 10 heteroatoms. The van der Waals surface area contributed by atoms with E-state index in [-0.39, 0.29) is 30.9 Å². The van der Waals surface area contributed by atoms with E-state index in [4.69, 9.17) is 14.2 Å². The summed E-state index contributed by atoms with van der Waals surface area (Å²) in [6.45, 7) is 14.0. The molecule has 208 valence electrons. The fraction of sp³-hybridized carbons (Fsp3) is 0.815. The second-order valence-electron chi connectivity index (χ2n) is 10.7. The number of morpholine rings is 1. The van der Waals surface area contributed by atoms with Gasteiger partial charge in [-0.3, -0.25) is 19.3 Å². The van der Waals surface area contributed by atoms with Gasteiger partial charge in [-0.1, -0.05) is 26.3 Å². The molecule has 4 aliphatic rings. The number of nitrogens with zero attached hydrogens (tertiary/aromatic N) is 3. The van der Waals surface area contributed by atoms with Crippen LogP contribution >= 0.6 is 0 Å². The third-order valence-electron chi connectivity index (χ3n) is 8.83. The summed E-state index contributed by atoms with van der Waals surface area (Å²) in [6.07, 6.45) is 3.09. The van der Waals surface area contributed by atoms with E-state index in [2.05, 4.69) is 11.5 Å². The van der Waals surface area contributed by atoms with Gasteiger partial charge in [0.2, 0.25) is 11.8 Å². The molecule has 2 bridgehead atoms. The van der Waals surface area contributed by atoms with E-state index in [1.165, 1.54) is 0 Å². The van der Waals surface area contributed by atoms with Crippen molar-refractivity contribution in [3.63, 3.8) is 0 Å². The molecule has 0 aromatic rings. The van der Waals surface area contributed by atoms with Crippen molar-refractivity contribution < 1.29 is 33.7 Å². The Morgan fingerprint density at radius 3 is 2.68 bits per heavy atom. The maximum absolute atomic E-state index is 14.4. The topological polar surface area (TPSA) is 109 Å².